The van der Waals surface area contributed by atoms with E-state index in [1.807, 2.05) is 30.3 Å². The predicted molar refractivity (Wildman–Crippen MR) is 172 cm³/mol. The Labute approximate surface area is 281 Å². The van der Waals surface area contributed by atoms with Crippen molar-refractivity contribution in [1.82, 2.24) is 15.5 Å². The second-order valence-corrected chi connectivity index (χ2v) is 13.4. The molecule has 1 aromatic rings. The number of ketones is 2. The van der Waals surface area contributed by atoms with E-state index in [0.717, 1.165) is 10.5 Å². The molecule has 2 aliphatic heterocycles. The van der Waals surface area contributed by atoms with Crippen LogP contribution in [0.15, 0.2) is 30.3 Å². The Morgan fingerprint density at radius 2 is 1.65 bits per heavy atom. The van der Waals surface area contributed by atoms with E-state index >= 15 is 0 Å². The van der Waals surface area contributed by atoms with Crippen molar-refractivity contribution in [1.29, 1.82) is 0 Å². The van der Waals surface area contributed by atoms with Gasteiger partial charge in [0.2, 0.25) is 29.3 Å². The van der Waals surface area contributed by atoms with Gasteiger partial charge in [-0.15, -0.1) is 0 Å². The maximum atomic E-state index is 13.8. The first kappa shape index (κ1) is 37.1. The van der Waals surface area contributed by atoms with Crippen LogP contribution in [0.2, 0.25) is 0 Å². The van der Waals surface area contributed by atoms with Gasteiger partial charge >= 0.3 is 5.97 Å². The average molecular weight is 672 g/mol. The standard InChI is InChI=1S/C35H49N3O10/c1-21-14-16-24-18-28(46-4)22(2)47-30(40)20-38(3)29(39)19-36-34(44)27(17-15-23-10-6-5-7-11-23)37-33(43)26-13-9-8-12-25(26)31(41)32(42)35(21,45)48-24/h5-7,10-11,21-22,24-28,45H,8-9,12-20H2,1-4H3,(H,36,44)(H,37,43)/t21?,22?,24?,25?,26-,27-,28?,35?/m1/s1. The molecule has 1 saturated carbocycles. The molecule has 3 N–H and O–H groups in total. The number of rotatable bonds is 4. The largest absolute Gasteiger partial charge is 0.459 e. The van der Waals surface area contributed by atoms with E-state index < -0.39 is 89.7 Å². The number of nitrogens with one attached hydrogen (secondary N) is 2. The summed E-state index contributed by atoms with van der Waals surface area (Å²) in [6.45, 7) is 2.45. The van der Waals surface area contributed by atoms with Crippen molar-refractivity contribution in [2.75, 3.05) is 27.2 Å². The molecular weight excluding hydrogens is 622 g/mol. The number of aryl methyl sites for hydroxylation is 1. The highest BCUT2D eigenvalue weighted by atomic mass is 16.6. The number of cyclic esters (lactones) is 1. The molecule has 0 spiro atoms. The summed E-state index contributed by atoms with van der Waals surface area (Å²) in [5.74, 6) is -9.38. The topological polar surface area (TPSA) is 178 Å². The Bertz CT molecular complexity index is 1340. The van der Waals surface area contributed by atoms with E-state index in [4.69, 9.17) is 14.2 Å². The number of likely N-dealkylation sites (N-methyl/N-ethyl adjacent to an activating group) is 1. The molecule has 8 atom stereocenters. The number of carbonyl (C=O) groups is 6. The van der Waals surface area contributed by atoms with Crippen LogP contribution in [0.1, 0.15) is 70.8 Å². The fraction of sp³-hybridized carbons (Fsp3) is 0.657. The maximum absolute atomic E-state index is 13.8. The molecule has 2 heterocycles. The Hall–Kier alpha value is -3.68. The van der Waals surface area contributed by atoms with Crippen LogP contribution in [-0.2, 0) is 49.4 Å². The van der Waals surface area contributed by atoms with Gasteiger partial charge in [0.05, 0.1) is 18.8 Å². The normalized spacial score (nSPS) is 33.5. The van der Waals surface area contributed by atoms with Crippen molar-refractivity contribution in [2.45, 2.75) is 102 Å². The molecule has 3 amide bonds. The van der Waals surface area contributed by atoms with Gasteiger partial charge in [0.25, 0.3) is 5.78 Å². The number of aliphatic hydroxyl groups is 1. The fourth-order valence-electron chi connectivity index (χ4n) is 6.87. The number of fused-ring (bicyclic) bond motifs is 3. The van der Waals surface area contributed by atoms with Crippen LogP contribution in [0, 0.1) is 17.8 Å². The molecule has 3 fully saturated rings. The Kier molecular flexibility index (Phi) is 12.9. The summed E-state index contributed by atoms with van der Waals surface area (Å²) in [4.78, 5) is 81.6. The van der Waals surface area contributed by atoms with E-state index in [9.17, 15) is 33.9 Å². The Morgan fingerprint density at radius 1 is 0.958 bits per heavy atom. The number of amides is 3. The number of benzene rings is 1. The van der Waals surface area contributed by atoms with Crippen molar-refractivity contribution in [3.63, 3.8) is 0 Å². The highest BCUT2D eigenvalue weighted by molar-refractivity contribution is 6.41. The van der Waals surface area contributed by atoms with E-state index in [0.29, 0.717) is 38.5 Å². The lowest BCUT2D eigenvalue weighted by Gasteiger charge is -2.42. The number of methoxy groups -OCH3 is 1. The molecule has 3 aliphatic rings. The highest BCUT2D eigenvalue weighted by Gasteiger charge is 2.53. The second kappa shape index (κ2) is 16.6. The second-order valence-electron chi connectivity index (χ2n) is 13.4. The number of nitrogens with zero attached hydrogens (tertiary/aromatic N) is 1. The van der Waals surface area contributed by atoms with Crippen LogP contribution < -0.4 is 10.6 Å². The summed E-state index contributed by atoms with van der Waals surface area (Å²) in [7, 11) is 2.84. The SMILES string of the molecule is COC1CC2CCC(C)C(O)(O2)C(=O)C(=O)C2CCCC[C@H]2C(=O)N[C@H](CCc2ccccc2)C(=O)NCC(=O)N(C)CC(=O)OC1C. The number of hydrogen-bond donors (Lipinski definition) is 3. The molecule has 6 unspecified atom stereocenters. The lowest BCUT2D eigenvalue weighted by Crippen LogP contribution is -2.58. The van der Waals surface area contributed by atoms with Crippen LogP contribution in [0.4, 0.5) is 0 Å². The van der Waals surface area contributed by atoms with Crippen LogP contribution >= 0.6 is 0 Å². The van der Waals surface area contributed by atoms with Gasteiger partial charge in [0, 0.05) is 38.3 Å². The van der Waals surface area contributed by atoms with Gasteiger partial charge < -0.3 is 34.9 Å². The smallest absolute Gasteiger partial charge is 0.325 e. The van der Waals surface area contributed by atoms with E-state index in [1.165, 1.54) is 14.2 Å². The number of esters is 1. The predicted octanol–water partition coefficient (Wildman–Crippen LogP) is 1.48. The highest BCUT2D eigenvalue weighted by Crippen LogP contribution is 2.38. The van der Waals surface area contributed by atoms with Gasteiger partial charge in [-0.3, -0.25) is 28.8 Å². The summed E-state index contributed by atoms with van der Waals surface area (Å²) < 4.78 is 17.1. The van der Waals surface area contributed by atoms with Crippen LogP contribution in [0.3, 0.4) is 0 Å². The first-order valence-electron chi connectivity index (χ1n) is 16.9. The lowest BCUT2D eigenvalue weighted by atomic mass is 9.73. The van der Waals surface area contributed by atoms with Crippen molar-refractivity contribution in [3.8, 4) is 0 Å². The monoisotopic (exact) mass is 671 g/mol. The molecular formula is C35H49N3O10. The molecule has 2 saturated heterocycles. The summed E-state index contributed by atoms with van der Waals surface area (Å²) in [6, 6.07) is 8.33. The van der Waals surface area contributed by atoms with Gasteiger partial charge in [0.1, 0.15) is 18.7 Å². The summed E-state index contributed by atoms with van der Waals surface area (Å²) in [6.07, 6.45) is 1.34. The van der Waals surface area contributed by atoms with Crippen molar-refractivity contribution in [2.24, 2.45) is 17.8 Å². The molecule has 2 bridgehead atoms. The zero-order valence-corrected chi connectivity index (χ0v) is 28.3. The Balaban J connectivity index is 1.64. The van der Waals surface area contributed by atoms with Crippen molar-refractivity contribution >= 4 is 35.3 Å². The molecule has 0 radical (unpaired) electrons. The molecule has 4 rings (SSSR count). The van der Waals surface area contributed by atoms with Gasteiger partial charge in [-0.05, 0) is 51.0 Å². The van der Waals surface area contributed by atoms with Gasteiger partial charge in [-0.2, -0.15) is 0 Å². The van der Waals surface area contributed by atoms with Crippen LogP contribution in [0.25, 0.3) is 0 Å². The van der Waals surface area contributed by atoms with Gasteiger partial charge in [-0.1, -0.05) is 50.1 Å². The fourth-order valence-corrected chi connectivity index (χ4v) is 6.87. The van der Waals surface area contributed by atoms with Crippen LogP contribution in [-0.4, -0.2) is 103 Å². The number of hydrogen-bond acceptors (Lipinski definition) is 10. The molecule has 48 heavy (non-hydrogen) atoms. The van der Waals surface area contributed by atoms with Gasteiger partial charge in [-0.25, -0.2) is 0 Å². The first-order chi connectivity index (χ1) is 22.8. The minimum atomic E-state index is -2.41. The summed E-state index contributed by atoms with van der Waals surface area (Å²) >= 11 is 0. The molecule has 1 aromatic carbocycles. The third kappa shape index (κ3) is 9.06. The minimum Gasteiger partial charge on any atom is -0.459 e. The first-order valence-corrected chi connectivity index (χ1v) is 16.9. The van der Waals surface area contributed by atoms with E-state index in [1.54, 1.807) is 13.8 Å². The lowest BCUT2D eigenvalue weighted by molar-refractivity contribution is -0.267. The van der Waals surface area contributed by atoms with Crippen LogP contribution in [0.5, 0.6) is 0 Å². The number of Topliss-reactive ketones (excluding diaryl/α,β-unsaturated/α-hetero) is 2. The van der Waals surface area contributed by atoms with Gasteiger partial charge in [0.15, 0.2) is 0 Å². The number of carbonyl (C=O) groups excluding carboxylic acids is 6. The maximum Gasteiger partial charge on any atom is 0.325 e. The molecule has 264 valence electrons. The third-order valence-electron chi connectivity index (χ3n) is 9.97. The average Bonchev–Trinajstić information content (AvgIpc) is 3.08. The number of ether oxygens (including phenoxy) is 3. The molecule has 13 nitrogen and oxygen atoms in total. The minimum absolute atomic E-state index is 0.154. The quantitative estimate of drug-likeness (QED) is 0.314. The zero-order valence-electron chi connectivity index (χ0n) is 28.3. The summed E-state index contributed by atoms with van der Waals surface area (Å²) in [5, 5.41) is 17.0. The van der Waals surface area contributed by atoms with Crippen molar-refractivity contribution < 1.29 is 48.1 Å². The summed E-state index contributed by atoms with van der Waals surface area (Å²) in [5.41, 5.74) is 0.936. The molecule has 13 heteroatoms. The van der Waals surface area contributed by atoms with E-state index in [-0.39, 0.29) is 25.8 Å². The zero-order chi connectivity index (χ0) is 35.0. The van der Waals surface area contributed by atoms with Crippen molar-refractivity contribution in [3.05, 3.63) is 35.9 Å². The Morgan fingerprint density at radius 3 is 2.33 bits per heavy atom. The molecule has 1 aliphatic carbocycles. The third-order valence-corrected chi connectivity index (χ3v) is 9.97. The molecule has 0 aromatic heterocycles. The van der Waals surface area contributed by atoms with E-state index in [2.05, 4.69) is 10.6 Å².